The second-order valence-electron chi connectivity index (χ2n) is 7.86. The maximum absolute atomic E-state index is 12.6. The van der Waals surface area contributed by atoms with Crippen LogP contribution in [0.2, 0.25) is 0 Å². The molecule has 0 radical (unpaired) electrons. The van der Waals surface area contributed by atoms with Gasteiger partial charge >= 0.3 is 0 Å². The predicted molar refractivity (Wildman–Crippen MR) is 117 cm³/mol. The van der Waals surface area contributed by atoms with Crippen molar-refractivity contribution in [2.75, 3.05) is 41.4 Å². The SMILES string of the molecule is CCCCN(CC(=O)Nc1ccc(N(CC)C(C)C)cc1)C1CCS(=O)(=O)C1. The fourth-order valence-electron chi connectivity index (χ4n) is 3.78. The molecule has 6 nitrogen and oxygen atoms in total. The first-order valence-corrected chi connectivity index (χ1v) is 12.2. The van der Waals surface area contributed by atoms with Crippen LogP contribution in [0.3, 0.4) is 0 Å². The van der Waals surface area contributed by atoms with E-state index in [1.165, 1.54) is 0 Å². The van der Waals surface area contributed by atoms with E-state index >= 15 is 0 Å². The van der Waals surface area contributed by atoms with Crippen LogP contribution in [0.5, 0.6) is 0 Å². The second kappa shape index (κ2) is 10.3. The molecule has 1 atom stereocenters. The lowest BCUT2D eigenvalue weighted by Gasteiger charge is -2.28. The van der Waals surface area contributed by atoms with Gasteiger partial charge in [0.1, 0.15) is 0 Å². The third kappa shape index (κ3) is 6.48. The summed E-state index contributed by atoms with van der Waals surface area (Å²) in [6, 6.07) is 8.27. The second-order valence-corrected chi connectivity index (χ2v) is 10.1. The number of rotatable bonds is 10. The normalized spacial score (nSPS) is 18.6. The van der Waals surface area contributed by atoms with Gasteiger partial charge in [-0.3, -0.25) is 9.69 Å². The highest BCUT2D eigenvalue weighted by Gasteiger charge is 2.32. The summed E-state index contributed by atoms with van der Waals surface area (Å²) in [5.41, 5.74) is 1.90. The van der Waals surface area contributed by atoms with Gasteiger partial charge < -0.3 is 10.2 Å². The summed E-state index contributed by atoms with van der Waals surface area (Å²) in [4.78, 5) is 16.9. The van der Waals surface area contributed by atoms with Crippen molar-refractivity contribution >= 4 is 27.1 Å². The average Bonchev–Trinajstić information content (AvgIpc) is 3.00. The first-order chi connectivity index (χ1) is 13.3. The van der Waals surface area contributed by atoms with Crippen LogP contribution < -0.4 is 10.2 Å². The summed E-state index contributed by atoms with van der Waals surface area (Å²) in [5.74, 6) is 0.304. The molecule has 1 aromatic rings. The van der Waals surface area contributed by atoms with Gasteiger partial charge in [0.25, 0.3) is 0 Å². The van der Waals surface area contributed by atoms with Crippen LogP contribution in [0.25, 0.3) is 0 Å². The number of unbranched alkanes of at least 4 members (excludes halogenated alkanes) is 1. The minimum atomic E-state index is -2.96. The van der Waals surface area contributed by atoms with Gasteiger partial charge in [-0.2, -0.15) is 0 Å². The minimum absolute atomic E-state index is 0.0474. The number of nitrogens with one attached hydrogen (secondary N) is 1. The quantitative estimate of drug-likeness (QED) is 0.643. The molecule has 1 unspecified atom stereocenters. The van der Waals surface area contributed by atoms with E-state index in [2.05, 4.69) is 37.9 Å². The summed E-state index contributed by atoms with van der Waals surface area (Å²) in [6.45, 7) is 10.5. The van der Waals surface area contributed by atoms with Crippen molar-refractivity contribution in [3.63, 3.8) is 0 Å². The molecule has 7 heteroatoms. The topological polar surface area (TPSA) is 69.7 Å². The number of amides is 1. The van der Waals surface area contributed by atoms with E-state index < -0.39 is 9.84 Å². The summed E-state index contributed by atoms with van der Waals surface area (Å²) in [5, 5.41) is 2.96. The van der Waals surface area contributed by atoms with Gasteiger partial charge in [-0.15, -0.1) is 0 Å². The molecule has 0 saturated carbocycles. The molecule has 1 heterocycles. The van der Waals surface area contributed by atoms with Crippen molar-refractivity contribution in [2.24, 2.45) is 0 Å². The maximum atomic E-state index is 12.6. The molecule has 0 bridgehead atoms. The van der Waals surface area contributed by atoms with Gasteiger partial charge in [0.05, 0.1) is 18.1 Å². The molecule has 1 N–H and O–H groups in total. The van der Waals surface area contributed by atoms with Gasteiger partial charge in [0.2, 0.25) is 5.91 Å². The van der Waals surface area contributed by atoms with Crippen molar-refractivity contribution in [3.8, 4) is 0 Å². The fourth-order valence-corrected chi connectivity index (χ4v) is 5.54. The number of hydrogen-bond acceptors (Lipinski definition) is 5. The van der Waals surface area contributed by atoms with Crippen molar-refractivity contribution in [1.29, 1.82) is 0 Å². The van der Waals surface area contributed by atoms with Gasteiger partial charge in [-0.25, -0.2) is 8.42 Å². The monoisotopic (exact) mass is 409 g/mol. The molecule has 158 valence electrons. The Morgan fingerprint density at radius 2 is 1.89 bits per heavy atom. The Hall–Kier alpha value is -1.60. The molecule has 0 aromatic heterocycles. The number of hydrogen-bond donors (Lipinski definition) is 1. The Morgan fingerprint density at radius 1 is 1.21 bits per heavy atom. The van der Waals surface area contributed by atoms with Gasteiger partial charge in [-0.05, 0) is 64.4 Å². The van der Waals surface area contributed by atoms with E-state index in [4.69, 9.17) is 0 Å². The number of benzene rings is 1. The fraction of sp³-hybridized carbons (Fsp3) is 0.667. The standard InChI is InChI=1S/C21H35N3O3S/c1-5-7-13-23(20-12-14-28(26,27)16-20)15-21(25)22-18-8-10-19(11-9-18)24(6-2)17(3)4/h8-11,17,20H,5-7,12-16H2,1-4H3,(H,22,25). The lowest BCUT2D eigenvalue weighted by atomic mass is 10.2. The molecule has 1 aromatic carbocycles. The third-order valence-electron chi connectivity index (χ3n) is 5.32. The molecule has 2 rings (SSSR count). The third-order valence-corrected chi connectivity index (χ3v) is 7.07. The number of anilines is 2. The Bertz CT molecular complexity index is 732. The van der Waals surface area contributed by atoms with Crippen molar-refractivity contribution in [3.05, 3.63) is 24.3 Å². The molecule has 1 aliphatic rings. The zero-order valence-corrected chi connectivity index (χ0v) is 18.5. The smallest absolute Gasteiger partial charge is 0.238 e. The molecule has 0 aliphatic carbocycles. The number of nitrogens with zero attached hydrogens (tertiary/aromatic N) is 2. The lowest BCUT2D eigenvalue weighted by molar-refractivity contribution is -0.117. The number of sulfone groups is 1. The summed E-state index contributed by atoms with van der Waals surface area (Å²) in [7, 11) is -2.96. The molecular weight excluding hydrogens is 374 g/mol. The Balaban J connectivity index is 1.98. The van der Waals surface area contributed by atoms with Gasteiger partial charge in [-0.1, -0.05) is 13.3 Å². The summed E-state index contributed by atoms with van der Waals surface area (Å²) >= 11 is 0. The number of carbonyl (C=O) groups is 1. The van der Waals surface area contributed by atoms with E-state index in [-0.39, 0.29) is 30.0 Å². The Labute approximate surface area is 170 Å². The van der Waals surface area contributed by atoms with Crippen molar-refractivity contribution in [1.82, 2.24) is 4.90 Å². The summed E-state index contributed by atoms with van der Waals surface area (Å²) < 4.78 is 23.6. The van der Waals surface area contributed by atoms with Crippen LogP contribution in [0, 0.1) is 0 Å². The first kappa shape index (κ1) is 22.7. The average molecular weight is 410 g/mol. The minimum Gasteiger partial charge on any atom is -0.369 e. The first-order valence-electron chi connectivity index (χ1n) is 10.4. The van der Waals surface area contributed by atoms with Crippen LogP contribution in [0.15, 0.2) is 24.3 Å². The maximum Gasteiger partial charge on any atom is 0.238 e. The largest absolute Gasteiger partial charge is 0.369 e. The Kier molecular flexibility index (Phi) is 8.31. The summed E-state index contributed by atoms with van der Waals surface area (Å²) in [6.07, 6.45) is 2.60. The van der Waals surface area contributed by atoms with Crippen LogP contribution in [0.1, 0.15) is 47.0 Å². The van der Waals surface area contributed by atoms with Crippen LogP contribution in [-0.4, -0.2) is 62.4 Å². The van der Waals surface area contributed by atoms with Crippen LogP contribution in [-0.2, 0) is 14.6 Å². The van der Waals surface area contributed by atoms with Crippen LogP contribution in [0.4, 0.5) is 11.4 Å². The highest BCUT2D eigenvalue weighted by Crippen LogP contribution is 2.21. The van der Waals surface area contributed by atoms with E-state index in [0.29, 0.717) is 12.5 Å². The molecule has 28 heavy (non-hydrogen) atoms. The van der Waals surface area contributed by atoms with E-state index in [1.54, 1.807) is 0 Å². The highest BCUT2D eigenvalue weighted by atomic mass is 32.2. The zero-order chi connectivity index (χ0) is 20.7. The predicted octanol–water partition coefficient (Wildman–Crippen LogP) is 3.15. The van der Waals surface area contributed by atoms with Crippen LogP contribution >= 0.6 is 0 Å². The van der Waals surface area contributed by atoms with Gasteiger partial charge in [0.15, 0.2) is 9.84 Å². The van der Waals surface area contributed by atoms with Crippen molar-refractivity contribution in [2.45, 2.75) is 59.0 Å². The lowest BCUT2D eigenvalue weighted by Crippen LogP contribution is -2.42. The Morgan fingerprint density at radius 3 is 2.39 bits per heavy atom. The van der Waals surface area contributed by atoms with E-state index in [1.807, 2.05) is 29.2 Å². The molecule has 1 amide bonds. The van der Waals surface area contributed by atoms with E-state index in [0.717, 1.165) is 37.3 Å². The molecular formula is C21H35N3O3S. The molecule has 0 spiro atoms. The molecule has 1 fully saturated rings. The van der Waals surface area contributed by atoms with E-state index in [9.17, 15) is 13.2 Å². The van der Waals surface area contributed by atoms with Gasteiger partial charge in [0, 0.05) is 30.0 Å². The van der Waals surface area contributed by atoms with Crippen molar-refractivity contribution < 1.29 is 13.2 Å². The highest BCUT2D eigenvalue weighted by molar-refractivity contribution is 7.91. The number of carbonyl (C=O) groups excluding carboxylic acids is 1. The molecule has 1 saturated heterocycles. The zero-order valence-electron chi connectivity index (χ0n) is 17.6. The molecule has 1 aliphatic heterocycles.